The molecule has 0 bridgehead atoms. The molecule has 1 N–H and O–H groups in total. The first-order valence-corrected chi connectivity index (χ1v) is 15.3. The number of amides is 2. The van der Waals surface area contributed by atoms with Crippen LogP contribution in [0.15, 0.2) is 65.5 Å². The van der Waals surface area contributed by atoms with Gasteiger partial charge in [-0.15, -0.1) is 0 Å². The minimum Gasteiger partial charge on any atom is -0.454 e. The molecule has 45 heavy (non-hydrogen) atoms. The summed E-state index contributed by atoms with van der Waals surface area (Å²) in [6, 6.07) is 17.1. The van der Waals surface area contributed by atoms with Crippen molar-refractivity contribution in [1.82, 2.24) is 19.8 Å². The first kappa shape index (κ1) is 30.5. The molecule has 2 aliphatic heterocycles. The van der Waals surface area contributed by atoms with Crippen molar-refractivity contribution in [3.63, 3.8) is 0 Å². The second-order valence-electron chi connectivity index (χ2n) is 10.9. The molecule has 232 valence electrons. The molecule has 4 aromatic rings. The summed E-state index contributed by atoms with van der Waals surface area (Å²) < 4.78 is 12.6. The smallest absolute Gasteiger partial charge is 0.263 e. The highest BCUT2D eigenvalue weighted by atomic mass is 35.5. The Morgan fingerprint density at radius 1 is 1.00 bits per heavy atom. The predicted octanol–water partition coefficient (Wildman–Crippen LogP) is 5.24. The van der Waals surface area contributed by atoms with Crippen molar-refractivity contribution in [3.05, 3.63) is 109 Å². The Hall–Kier alpha value is -4.54. The van der Waals surface area contributed by atoms with Gasteiger partial charge in [0.15, 0.2) is 11.5 Å². The highest BCUT2D eigenvalue weighted by Crippen LogP contribution is 2.34. The second kappa shape index (κ2) is 12.5. The van der Waals surface area contributed by atoms with Gasteiger partial charge in [0.25, 0.3) is 17.4 Å². The number of fused-ring (bicyclic) bond motifs is 2. The maximum atomic E-state index is 14.4. The fraction of sp³-hybridized carbons (Fsp3) is 0.273. The van der Waals surface area contributed by atoms with E-state index in [2.05, 4.69) is 5.32 Å². The molecule has 0 saturated heterocycles. The van der Waals surface area contributed by atoms with Gasteiger partial charge in [-0.3, -0.25) is 14.4 Å². The van der Waals surface area contributed by atoms with Crippen LogP contribution >= 0.6 is 23.2 Å². The fourth-order valence-electron chi connectivity index (χ4n) is 5.65. The van der Waals surface area contributed by atoms with E-state index in [1.807, 2.05) is 36.9 Å². The van der Waals surface area contributed by atoms with Crippen molar-refractivity contribution in [2.24, 2.45) is 0 Å². The standard InChI is InChI=1S/C33H31Cl2N5O5/c1-4-38(16-20-5-12-28-29(14-20)45-18-44-28)33-37-27-17-39(31(42)22-8-11-25(34)26(35)15-22)19(2)13-24(27)32(43)40(33)23-9-6-21(7-10-23)30(41)36-3/h5-12,14-15,19H,4,13,16-18H2,1-3H3,(H,36,41)/t19-/m1/s1. The van der Waals surface area contributed by atoms with Crippen LogP contribution in [0.2, 0.25) is 10.0 Å². The van der Waals surface area contributed by atoms with E-state index >= 15 is 0 Å². The maximum Gasteiger partial charge on any atom is 0.263 e. The molecule has 0 fully saturated rings. The van der Waals surface area contributed by atoms with Crippen molar-refractivity contribution in [3.8, 4) is 17.2 Å². The minimum atomic E-state index is -0.278. The number of hydrogen-bond donors (Lipinski definition) is 1. The molecule has 0 unspecified atom stereocenters. The minimum absolute atomic E-state index is 0.149. The third-order valence-electron chi connectivity index (χ3n) is 8.11. The summed E-state index contributed by atoms with van der Waals surface area (Å²) in [5, 5.41) is 3.27. The van der Waals surface area contributed by atoms with Gasteiger partial charge in [-0.1, -0.05) is 29.3 Å². The number of aromatic nitrogens is 2. The average molecular weight is 649 g/mol. The Bertz CT molecular complexity index is 1860. The zero-order chi connectivity index (χ0) is 31.8. The number of carbonyl (C=O) groups is 2. The molecule has 2 aliphatic rings. The number of halogens is 2. The maximum absolute atomic E-state index is 14.4. The largest absolute Gasteiger partial charge is 0.454 e. The van der Waals surface area contributed by atoms with Gasteiger partial charge in [-0.2, -0.15) is 0 Å². The van der Waals surface area contributed by atoms with Crippen LogP contribution < -0.4 is 25.2 Å². The summed E-state index contributed by atoms with van der Waals surface area (Å²) in [6.45, 7) is 5.17. The number of anilines is 1. The first-order chi connectivity index (χ1) is 21.7. The van der Waals surface area contributed by atoms with Crippen molar-refractivity contribution in [1.29, 1.82) is 0 Å². The molecule has 12 heteroatoms. The second-order valence-corrected chi connectivity index (χ2v) is 11.7. The Morgan fingerprint density at radius 2 is 1.73 bits per heavy atom. The summed E-state index contributed by atoms with van der Waals surface area (Å²) >= 11 is 12.3. The van der Waals surface area contributed by atoms with E-state index in [1.165, 1.54) is 0 Å². The zero-order valence-corrected chi connectivity index (χ0v) is 26.5. The summed E-state index contributed by atoms with van der Waals surface area (Å²) in [7, 11) is 1.57. The quantitative estimate of drug-likeness (QED) is 0.292. The number of hydrogen-bond acceptors (Lipinski definition) is 7. The van der Waals surface area contributed by atoms with E-state index in [4.69, 9.17) is 37.7 Å². The molecular weight excluding hydrogens is 617 g/mol. The van der Waals surface area contributed by atoms with E-state index < -0.39 is 0 Å². The van der Waals surface area contributed by atoms with E-state index in [-0.39, 0.29) is 36.8 Å². The zero-order valence-electron chi connectivity index (χ0n) is 25.0. The normalized spacial score (nSPS) is 15.0. The summed E-state index contributed by atoms with van der Waals surface area (Å²) in [5.41, 5.74) is 3.24. The average Bonchev–Trinajstić information content (AvgIpc) is 3.52. The number of carbonyl (C=O) groups excluding carboxylic acids is 2. The first-order valence-electron chi connectivity index (χ1n) is 14.5. The fourth-order valence-corrected chi connectivity index (χ4v) is 5.95. The van der Waals surface area contributed by atoms with Crippen LogP contribution in [-0.2, 0) is 19.5 Å². The van der Waals surface area contributed by atoms with Gasteiger partial charge in [0, 0.05) is 42.9 Å². The Balaban J connectivity index is 1.43. The van der Waals surface area contributed by atoms with Crippen molar-refractivity contribution in [2.45, 2.75) is 39.4 Å². The van der Waals surface area contributed by atoms with Crippen LogP contribution in [0, 0.1) is 0 Å². The lowest BCUT2D eigenvalue weighted by Crippen LogP contribution is -2.46. The van der Waals surface area contributed by atoms with Crippen LogP contribution in [0.1, 0.15) is 51.4 Å². The molecular formula is C33H31Cl2N5O5. The predicted molar refractivity (Wildman–Crippen MR) is 172 cm³/mol. The monoisotopic (exact) mass is 647 g/mol. The highest BCUT2D eigenvalue weighted by molar-refractivity contribution is 6.42. The summed E-state index contributed by atoms with van der Waals surface area (Å²) in [6.07, 6.45) is 0.319. The Morgan fingerprint density at radius 3 is 2.44 bits per heavy atom. The van der Waals surface area contributed by atoms with Gasteiger partial charge < -0.3 is 24.6 Å². The Labute approximate surface area is 270 Å². The van der Waals surface area contributed by atoms with Gasteiger partial charge in [-0.05, 0) is 80.4 Å². The topological polar surface area (TPSA) is 106 Å². The van der Waals surface area contributed by atoms with E-state index in [1.54, 1.807) is 59.0 Å². The molecule has 3 heterocycles. The molecule has 0 saturated carbocycles. The number of rotatable bonds is 7. The van der Waals surface area contributed by atoms with Crippen molar-refractivity contribution >= 4 is 41.0 Å². The molecule has 1 aromatic heterocycles. The molecule has 6 rings (SSSR count). The van der Waals surface area contributed by atoms with Gasteiger partial charge in [0.1, 0.15) is 0 Å². The summed E-state index contributed by atoms with van der Waals surface area (Å²) in [4.78, 5) is 49.0. The molecule has 0 spiro atoms. The molecule has 1 atom stereocenters. The third kappa shape index (κ3) is 5.83. The van der Waals surface area contributed by atoms with E-state index in [9.17, 15) is 14.4 Å². The lowest BCUT2D eigenvalue weighted by atomic mass is 9.98. The van der Waals surface area contributed by atoms with Gasteiger partial charge in [0.05, 0.1) is 28.0 Å². The number of nitrogens with zero attached hydrogens (tertiary/aromatic N) is 4. The van der Waals surface area contributed by atoms with Crippen molar-refractivity contribution < 1.29 is 19.1 Å². The lowest BCUT2D eigenvalue weighted by Gasteiger charge is -2.35. The number of nitrogens with one attached hydrogen (secondary N) is 1. The SMILES string of the molecule is CCN(Cc1ccc2c(c1)OCO2)c1nc2c(c(=O)n1-c1ccc(C(=O)NC)cc1)C[C@@H](C)N(C(=O)c1ccc(Cl)c(Cl)c1)C2. The van der Waals surface area contributed by atoms with Crippen LogP contribution in [0.25, 0.3) is 5.69 Å². The third-order valence-corrected chi connectivity index (χ3v) is 8.85. The van der Waals surface area contributed by atoms with Gasteiger partial charge in [-0.25, -0.2) is 9.55 Å². The number of benzene rings is 3. The summed E-state index contributed by atoms with van der Waals surface area (Å²) in [5.74, 6) is 1.31. The highest BCUT2D eigenvalue weighted by Gasteiger charge is 2.33. The number of ether oxygens (including phenoxy) is 2. The van der Waals surface area contributed by atoms with Crippen LogP contribution in [0.5, 0.6) is 11.5 Å². The molecule has 3 aromatic carbocycles. The molecule has 2 amide bonds. The van der Waals surface area contributed by atoms with Crippen LogP contribution in [0.4, 0.5) is 5.95 Å². The van der Waals surface area contributed by atoms with Gasteiger partial charge in [0.2, 0.25) is 12.7 Å². The Kier molecular flexibility index (Phi) is 8.44. The van der Waals surface area contributed by atoms with Crippen LogP contribution in [-0.4, -0.2) is 52.7 Å². The van der Waals surface area contributed by atoms with Crippen LogP contribution in [0.3, 0.4) is 0 Å². The van der Waals surface area contributed by atoms with E-state index in [0.29, 0.717) is 75.1 Å². The van der Waals surface area contributed by atoms with Gasteiger partial charge >= 0.3 is 0 Å². The molecule has 0 aliphatic carbocycles. The molecule has 10 nitrogen and oxygen atoms in total. The van der Waals surface area contributed by atoms with Crippen molar-refractivity contribution in [2.75, 3.05) is 25.3 Å². The van der Waals surface area contributed by atoms with E-state index in [0.717, 1.165) is 5.56 Å². The molecule has 0 radical (unpaired) electrons. The lowest BCUT2D eigenvalue weighted by molar-refractivity contribution is 0.0653.